The average Bonchev–Trinajstić information content (AvgIpc) is 2.48. The number of rotatable bonds is 6. The van der Waals surface area contributed by atoms with Gasteiger partial charge in [-0.1, -0.05) is 0 Å². The van der Waals surface area contributed by atoms with E-state index in [2.05, 4.69) is 30.0 Å². The summed E-state index contributed by atoms with van der Waals surface area (Å²) in [6, 6.07) is 1.82. The van der Waals surface area contributed by atoms with Gasteiger partial charge in [-0.25, -0.2) is 9.97 Å². The molecule has 1 aromatic heterocycles. The maximum Gasteiger partial charge on any atom is 0.234 e. The highest BCUT2D eigenvalue weighted by Gasteiger charge is 2.20. The van der Waals surface area contributed by atoms with E-state index in [0.717, 1.165) is 38.7 Å². The summed E-state index contributed by atoms with van der Waals surface area (Å²) in [6.45, 7) is 5.47. The Morgan fingerprint density at radius 1 is 1.24 bits per heavy atom. The second-order valence-corrected chi connectivity index (χ2v) is 5.47. The molecule has 0 radical (unpaired) electrons. The Labute approximate surface area is 126 Å². The molecule has 0 unspecified atom stereocenters. The van der Waals surface area contributed by atoms with Gasteiger partial charge in [0.15, 0.2) is 0 Å². The van der Waals surface area contributed by atoms with Gasteiger partial charge in [0.2, 0.25) is 11.9 Å². The van der Waals surface area contributed by atoms with E-state index in [1.54, 1.807) is 12.4 Å². The predicted molar refractivity (Wildman–Crippen MR) is 82.2 cm³/mol. The van der Waals surface area contributed by atoms with Gasteiger partial charge in [0, 0.05) is 51.7 Å². The van der Waals surface area contributed by atoms with E-state index in [1.807, 2.05) is 20.2 Å². The van der Waals surface area contributed by atoms with Crippen LogP contribution in [0.15, 0.2) is 18.5 Å². The monoisotopic (exact) mass is 292 g/mol. The number of amides is 1. The summed E-state index contributed by atoms with van der Waals surface area (Å²) in [7, 11) is 3.99. The van der Waals surface area contributed by atoms with Crippen molar-refractivity contribution in [3.63, 3.8) is 0 Å². The summed E-state index contributed by atoms with van der Waals surface area (Å²) in [5.74, 6) is 0.869. The van der Waals surface area contributed by atoms with Crippen molar-refractivity contribution in [3.8, 4) is 0 Å². The maximum atomic E-state index is 11.8. The molecule has 2 rings (SSSR count). The highest BCUT2D eigenvalue weighted by Crippen LogP contribution is 2.09. The lowest BCUT2D eigenvalue weighted by Gasteiger charge is -2.34. The van der Waals surface area contributed by atoms with Crippen LogP contribution in [0.3, 0.4) is 0 Å². The van der Waals surface area contributed by atoms with E-state index in [1.165, 1.54) is 0 Å². The highest BCUT2D eigenvalue weighted by molar-refractivity contribution is 5.78. The number of likely N-dealkylation sites (N-methyl/N-ethyl adjacent to an activating group) is 1. The van der Waals surface area contributed by atoms with Crippen molar-refractivity contribution in [2.75, 3.05) is 64.8 Å². The first kappa shape index (κ1) is 15.7. The van der Waals surface area contributed by atoms with Crippen molar-refractivity contribution in [1.82, 2.24) is 25.1 Å². The van der Waals surface area contributed by atoms with Gasteiger partial charge >= 0.3 is 0 Å². The van der Waals surface area contributed by atoms with Gasteiger partial charge in [0.1, 0.15) is 0 Å². The van der Waals surface area contributed by atoms with Crippen LogP contribution < -0.4 is 10.2 Å². The van der Waals surface area contributed by atoms with Crippen LogP contribution in [0.1, 0.15) is 0 Å². The van der Waals surface area contributed by atoms with E-state index in [4.69, 9.17) is 0 Å². The Bertz CT molecular complexity index is 430. The van der Waals surface area contributed by atoms with E-state index in [-0.39, 0.29) is 5.91 Å². The highest BCUT2D eigenvalue weighted by atomic mass is 16.2. The van der Waals surface area contributed by atoms with Crippen LogP contribution >= 0.6 is 0 Å². The number of carbonyl (C=O) groups is 1. The maximum absolute atomic E-state index is 11.8. The lowest BCUT2D eigenvalue weighted by Crippen LogP contribution is -2.50. The Morgan fingerprint density at radius 2 is 1.90 bits per heavy atom. The van der Waals surface area contributed by atoms with Crippen LogP contribution in [0.25, 0.3) is 0 Å². The topological polar surface area (TPSA) is 64.6 Å². The largest absolute Gasteiger partial charge is 0.354 e. The van der Waals surface area contributed by atoms with Crippen LogP contribution in [0.2, 0.25) is 0 Å². The Morgan fingerprint density at radius 3 is 2.52 bits per heavy atom. The molecule has 7 heteroatoms. The van der Waals surface area contributed by atoms with E-state index in [9.17, 15) is 4.79 Å². The van der Waals surface area contributed by atoms with Crippen molar-refractivity contribution in [2.45, 2.75) is 0 Å². The molecule has 1 aliphatic heterocycles. The molecule has 0 spiro atoms. The van der Waals surface area contributed by atoms with Gasteiger partial charge in [-0.3, -0.25) is 9.69 Å². The summed E-state index contributed by atoms with van der Waals surface area (Å²) in [5.41, 5.74) is 0. The molecule has 1 aliphatic rings. The number of nitrogens with one attached hydrogen (secondary N) is 1. The molecule has 21 heavy (non-hydrogen) atoms. The number of piperazine rings is 1. The van der Waals surface area contributed by atoms with Gasteiger partial charge in [-0.05, 0) is 20.2 Å². The molecule has 0 saturated carbocycles. The quantitative estimate of drug-likeness (QED) is 0.746. The normalized spacial score (nSPS) is 16.2. The van der Waals surface area contributed by atoms with E-state index >= 15 is 0 Å². The van der Waals surface area contributed by atoms with Gasteiger partial charge in [-0.2, -0.15) is 0 Å². The third-order valence-electron chi connectivity index (χ3n) is 3.46. The molecule has 7 nitrogen and oxygen atoms in total. The molecule has 0 aliphatic carbocycles. The van der Waals surface area contributed by atoms with Crippen LogP contribution in [-0.4, -0.2) is 85.6 Å². The van der Waals surface area contributed by atoms with Crippen molar-refractivity contribution in [2.24, 2.45) is 0 Å². The lowest BCUT2D eigenvalue weighted by molar-refractivity contribution is -0.122. The SMILES string of the molecule is CN(C)CCNC(=O)CN1CCN(c2ncccn2)CC1. The summed E-state index contributed by atoms with van der Waals surface area (Å²) in [5, 5.41) is 2.94. The average molecular weight is 292 g/mol. The Kier molecular flexibility index (Phi) is 5.89. The second kappa shape index (κ2) is 7.90. The first-order valence-corrected chi connectivity index (χ1v) is 7.31. The Balaban J connectivity index is 1.68. The Hall–Kier alpha value is -1.73. The lowest BCUT2D eigenvalue weighted by atomic mass is 10.3. The van der Waals surface area contributed by atoms with E-state index in [0.29, 0.717) is 13.1 Å². The fourth-order valence-electron chi connectivity index (χ4n) is 2.24. The fourth-order valence-corrected chi connectivity index (χ4v) is 2.24. The van der Waals surface area contributed by atoms with Gasteiger partial charge in [0.25, 0.3) is 0 Å². The zero-order chi connectivity index (χ0) is 15.1. The molecule has 2 heterocycles. The minimum absolute atomic E-state index is 0.0984. The minimum atomic E-state index is 0.0984. The molecule has 116 valence electrons. The number of nitrogens with zero attached hydrogens (tertiary/aromatic N) is 5. The van der Waals surface area contributed by atoms with Crippen molar-refractivity contribution in [1.29, 1.82) is 0 Å². The third kappa shape index (κ3) is 5.28. The van der Waals surface area contributed by atoms with Crippen molar-refractivity contribution < 1.29 is 4.79 Å². The molecule has 1 amide bonds. The molecule has 0 bridgehead atoms. The van der Waals surface area contributed by atoms with Crippen LogP contribution in [-0.2, 0) is 4.79 Å². The van der Waals surface area contributed by atoms with Crippen molar-refractivity contribution in [3.05, 3.63) is 18.5 Å². The molecule has 1 saturated heterocycles. The number of carbonyl (C=O) groups excluding carboxylic acids is 1. The fraction of sp³-hybridized carbons (Fsp3) is 0.643. The molecule has 1 fully saturated rings. The number of anilines is 1. The first-order chi connectivity index (χ1) is 10.1. The minimum Gasteiger partial charge on any atom is -0.354 e. The molecule has 1 aromatic rings. The zero-order valence-corrected chi connectivity index (χ0v) is 12.8. The smallest absolute Gasteiger partial charge is 0.234 e. The molecule has 0 atom stereocenters. The van der Waals surface area contributed by atoms with Gasteiger partial charge in [-0.15, -0.1) is 0 Å². The molecular weight excluding hydrogens is 268 g/mol. The van der Waals surface area contributed by atoms with Crippen molar-refractivity contribution >= 4 is 11.9 Å². The molecule has 1 N–H and O–H groups in total. The third-order valence-corrected chi connectivity index (χ3v) is 3.46. The standard InChI is InChI=1S/C14H24N6O/c1-18(2)7-6-15-13(21)12-19-8-10-20(11-9-19)14-16-4-3-5-17-14/h3-5H,6-12H2,1-2H3,(H,15,21). The molecular formula is C14H24N6O. The number of hydrogen-bond donors (Lipinski definition) is 1. The van der Waals surface area contributed by atoms with Crippen LogP contribution in [0.5, 0.6) is 0 Å². The zero-order valence-electron chi connectivity index (χ0n) is 12.8. The van der Waals surface area contributed by atoms with Crippen LogP contribution in [0.4, 0.5) is 5.95 Å². The summed E-state index contributed by atoms with van der Waals surface area (Å²) >= 11 is 0. The van der Waals surface area contributed by atoms with Gasteiger partial charge < -0.3 is 15.1 Å². The molecule has 0 aromatic carbocycles. The number of hydrogen-bond acceptors (Lipinski definition) is 6. The predicted octanol–water partition coefficient (Wildman–Crippen LogP) is -0.724. The van der Waals surface area contributed by atoms with Crippen LogP contribution in [0, 0.1) is 0 Å². The summed E-state index contributed by atoms with van der Waals surface area (Å²) in [4.78, 5) is 26.7. The summed E-state index contributed by atoms with van der Waals surface area (Å²) in [6.07, 6.45) is 3.51. The number of aromatic nitrogens is 2. The first-order valence-electron chi connectivity index (χ1n) is 7.31. The van der Waals surface area contributed by atoms with E-state index < -0.39 is 0 Å². The van der Waals surface area contributed by atoms with Gasteiger partial charge in [0.05, 0.1) is 6.54 Å². The second-order valence-electron chi connectivity index (χ2n) is 5.47. The summed E-state index contributed by atoms with van der Waals surface area (Å²) < 4.78 is 0.